The highest BCUT2D eigenvalue weighted by atomic mass is 16.5. The highest BCUT2D eigenvalue weighted by Gasteiger charge is 2.11. The Hall–Kier alpha value is -0.120. The van der Waals surface area contributed by atoms with E-state index in [2.05, 4.69) is 33.0 Å². The van der Waals surface area contributed by atoms with Gasteiger partial charge in [-0.1, -0.05) is 13.8 Å². The number of ether oxygens (including phenoxy) is 2. The summed E-state index contributed by atoms with van der Waals surface area (Å²) in [5.41, 5.74) is 0. The van der Waals surface area contributed by atoms with Crippen molar-refractivity contribution < 1.29 is 9.47 Å². The first-order valence-corrected chi connectivity index (χ1v) is 5.91. The number of rotatable bonds is 9. The lowest BCUT2D eigenvalue weighted by molar-refractivity contribution is 0.0750. The van der Waals surface area contributed by atoms with Gasteiger partial charge in [-0.2, -0.15) is 0 Å². The van der Waals surface area contributed by atoms with Gasteiger partial charge in [0.1, 0.15) is 0 Å². The molecule has 0 aromatic carbocycles. The Bertz CT molecular complexity index is 138. The zero-order chi connectivity index (χ0) is 11.7. The lowest BCUT2D eigenvalue weighted by atomic mass is 10.1. The minimum absolute atomic E-state index is 0.338. The quantitative estimate of drug-likeness (QED) is 0.600. The monoisotopic (exact) mass is 217 g/mol. The normalized spacial score (nSPS) is 13.8. The Morgan fingerprint density at radius 2 is 1.80 bits per heavy atom. The molecule has 0 bridgehead atoms. The van der Waals surface area contributed by atoms with Gasteiger partial charge in [0.2, 0.25) is 0 Å². The van der Waals surface area contributed by atoms with E-state index >= 15 is 0 Å². The van der Waals surface area contributed by atoms with E-state index in [0.717, 1.165) is 26.2 Å². The van der Waals surface area contributed by atoms with Gasteiger partial charge in [-0.25, -0.2) is 0 Å². The fourth-order valence-electron chi connectivity index (χ4n) is 1.35. The van der Waals surface area contributed by atoms with Crippen LogP contribution in [0.1, 0.15) is 34.1 Å². The van der Waals surface area contributed by atoms with Gasteiger partial charge in [-0.3, -0.25) is 0 Å². The molecule has 0 aliphatic rings. The second-order valence-electron chi connectivity index (χ2n) is 4.53. The number of nitrogens with one attached hydrogen (secondary N) is 1. The Labute approximate surface area is 94.5 Å². The maximum atomic E-state index is 5.47. The van der Waals surface area contributed by atoms with Crippen LogP contribution in [-0.2, 0) is 9.47 Å². The van der Waals surface area contributed by atoms with Gasteiger partial charge in [-0.05, 0) is 32.7 Å². The van der Waals surface area contributed by atoms with Crippen molar-refractivity contribution in [1.82, 2.24) is 5.32 Å². The highest BCUT2D eigenvalue weighted by Crippen LogP contribution is 2.01. The molecule has 0 aliphatic heterocycles. The molecule has 0 saturated carbocycles. The predicted octanol–water partition coefficient (Wildman–Crippen LogP) is 2.06. The van der Waals surface area contributed by atoms with Crippen LogP contribution < -0.4 is 5.32 Å². The van der Waals surface area contributed by atoms with Crippen LogP contribution in [0.3, 0.4) is 0 Å². The van der Waals surface area contributed by atoms with Gasteiger partial charge < -0.3 is 14.8 Å². The summed E-state index contributed by atoms with van der Waals surface area (Å²) in [6.07, 6.45) is 1.40. The van der Waals surface area contributed by atoms with E-state index in [1.165, 1.54) is 0 Å². The summed E-state index contributed by atoms with van der Waals surface area (Å²) in [4.78, 5) is 0. The molecule has 1 atom stereocenters. The van der Waals surface area contributed by atoms with Crippen molar-refractivity contribution in [3.8, 4) is 0 Å². The Morgan fingerprint density at radius 3 is 2.27 bits per heavy atom. The van der Waals surface area contributed by atoms with Crippen LogP contribution in [0.4, 0.5) is 0 Å². The number of hydrogen-bond acceptors (Lipinski definition) is 3. The molecule has 1 unspecified atom stereocenters. The van der Waals surface area contributed by atoms with Crippen LogP contribution in [-0.4, -0.2) is 39.0 Å². The predicted molar refractivity (Wildman–Crippen MR) is 64.2 cm³/mol. The summed E-state index contributed by atoms with van der Waals surface area (Å²) in [6.45, 7) is 11.2. The van der Waals surface area contributed by atoms with E-state index in [1.807, 2.05) is 0 Å². The molecule has 0 aromatic rings. The molecule has 3 heteroatoms. The van der Waals surface area contributed by atoms with Crippen molar-refractivity contribution in [1.29, 1.82) is 0 Å². The standard InChI is InChI=1S/C12H27NO2/c1-10(2)12(9-14-5)13-7-6-8-15-11(3)4/h10-13H,6-9H2,1-5H3. The van der Waals surface area contributed by atoms with E-state index in [0.29, 0.717) is 18.1 Å². The van der Waals surface area contributed by atoms with E-state index in [1.54, 1.807) is 7.11 Å². The van der Waals surface area contributed by atoms with Gasteiger partial charge in [0.05, 0.1) is 12.7 Å². The third kappa shape index (κ3) is 8.85. The maximum Gasteiger partial charge on any atom is 0.0618 e. The fourth-order valence-corrected chi connectivity index (χ4v) is 1.35. The average molecular weight is 217 g/mol. The topological polar surface area (TPSA) is 30.5 Å². The molecule has 0 saturated heterocycles. The lowest BCUT2D eigenvalue weighted by Gasteiger charge is -2.21. The summed E-state index contributed by atoms with van der Waals surface area (Å²) < 4.78 is 10.6. The van der Waals surface area contributed by atoms with Gasteiger partial charge in [0, 0.05) is 19.8 Å². The maximum absolute atomic E-state index is 5.47. The second kappa shape index (κ2) is 9.13. The molecule has 15 heavy (non-hydrogen) atoms. The smallest absolute Gasteiger partial charge is 0.0618 e. The van der Waals surface area contributed by atoms with Crippen LogP contribution in [0.15, 0.2) is 0 Å². The lowest BCUT2D eigenvalue weighted by Crippen LogP contribution is -2.38. The van der Waals surface area contributed by atoms with Crippen LogP contribution in [0.2, 0.25) is 0 Å². The van der Waals surface area contributed by atoms with Gasteiger partial charge >= 0.3 is 0 Å². The van der Waals surface area contributed by atoms with Crippen molar-refractivity contribution in [2.75, 3.05) is 26.9 Å². The van der Waals surface area contributed by atoms with E-state index < -0.39 is 0 Å². The minimum Gasteiger partial charge on any atom is -0.383 e. The molecule has 0 amide bonds. The first kappa shape index (κ1) is 14.9. The summed E-state index contributed by atoms with van der Waals surface area (Å²) >= 11 is 0. The number of hydrogen-bond donors (Lipinski definition) is 1. The zero-order valence-electron chi connectivity index (χ0n) is 10.9. The largest absolute Gasteiger partial charge is 0.383 e. The summed E-state index contributed by atoms with van der Waals surface area (Å²) in [7, 11) is 1.75. The Balaban J connectivity index is 3.45. The molecule has 0 radical (unpaired) electrons. The van der Waals surface area contributed by atoms with Crippen molar-refractivity contribution >= 4 is 0 Å². The SMILES string of the molecule is COCC(NCCCOC(C)C)C(C)C. The average Bonchev–Trinajstić information content (AvgIpc) is 2.15. The molecule has 0 aromatic heterocycles. The third-order valence-corrected chi connectivity index (χ3v) is 2.33. The van der Waals surface area contributed by atoms with Crippen LogP contribution >= 0.6 is 0 Å². The third-order valence-electron chi connectivity index (χ3n) is 2.33. The Kier molecular flexibility index (Phi) is 9.06. The molecule has 1 N–H and O–H groups in total. The van der Waals surface area contributed by atoms with Gasteiger partial charge in [0.15, 0.2) is 0 Å². The van der Waals surface area contributed by atoms with E-state index in [9.17, 15) is 0 Å². The first-order valence-electron chi connectivity index (χ1n) is 5.91. The molecule has 0 aliphatic carbocycles. The summed E-state index contributed by atoms with van der Waals surface area (Å²) in [5, 5.41) is 3.49. The molecule has 92 valence electrons. The van der Waals surface area contributed by atoms with Crippen LogP contribution in [0.25, 0.3) is 0 Å². The summed E-state index contributed by atoms with van der Waals surface area (Å²) in [6, 6.07) is 0.453. The van der Waals surface area contributed by atoms with Crippen molar-refractivity contribution in [3.63, 3.8) is 0 Å². The van der Waals surface area contributed by atoms with E-state index in [-0.39, 0.29) is 0 Å². The van der Waals surface area contributed by atoms with Crippen LogP contribution in [0, 0.1) is 5.92 Å². The van der Waals surface area contributed by atoms with E-state index in [4.69, 9.17) is 9.47 Å². The molecule has 0 heterocycles. The van der Waals surface area contributed by atoms with Crippen molar-refractivity contribution in [2.24, 2.45) is 5.92 Å². The molecular formula is C12H27NO2. The second-order valence-corrected chi connectivity index (χ2v) is 4.53. The fraction of sp³-hybridized carbons (Fsp3) is 1.00. The molecule has 0 rings (SSSR count). The van der Waals surface area contributed by atoms with Crippen molar-refractivity contribution in [2.45, 2.75) is 46.3 Å². The Morgan fingerprint density at radius 1 is 1.13 bits per heavy atom. The molecular weight excluding hydrogens is 190 g/mol. The van der Waals surface area contributed by atoms with Gasteiger partial charge in [0.25, 0.3) is 0 Å². The molecule has 3 nitrogen and oxygen atoms in total. The summed E-state index contributed by atoms with van der Waals surface area (Å²) in [5.74, 6) is 0.607. The molecule has 0 fully saturated rings. The first-order chi connectivity index (χ1) is 7.07. The zero-order valence-corrected chi connectivity index (χ0v) is 10.9. The highest BCUT2D eigenvalue weighted by molar-refractivity contribution is 4.69. The van der Waals surface area contributed by atoms with Gasteiger partial charge in [-0.15, -0.1) is 0 Å². The van der Waals surface area contributed by atoms with Crippen LogP contribution in [0.5, 0.6) is 0 Å². The van der Waals surface area contributed by atoms with Crippen molar-refractivity contribution in [3.05, 3.63) is 0 Å². The molecule has 0 spiro atoms. The number of methoxy groups -OCH3 is 1. The minimum atomic E-state index is 0.338.